The third kappa shape index (κ3) is 3.76. The van der Waals surface area contributed by atoms with Crippen molar-refractivity contribution in [1.29, 1.82) is 0 Å². The van der Waals surface area contributed by atoms with Crippen LogP contribution in [0.25, 0.3) is 0 Å². The maximum absolute atomic E-state index is 3.60. The van der Waals surface area contributed by atoms with Crippen molar-refractivity contribution in [2.45, 2.75) is 65.8 Å². The van der Waals surface area contributed by atoms with Gasteiger partial charge in [-0.15, -0.1) is 0 Å². The quantitative estimate of drug-likeness (QED) is 0.743. The topological polar surface area (TPSA) is 12.0 Å². The molecule has 0 saturated heterocycles. The molecule has 0 aliphatic heterocycles. The molecular formula is C15H31N. The first-order chi connectivity index (χ1) is 7.58. The molecule has 1 saturated carbocycles. The van der Waals surface area contributed by atoms with Crippen molar-refractivity contribution in [1.82, 2.24) is 5.32 Å². The molecule has 0 amide bonds. The molecule has 1 aliphatic carbocycles. The van der Waals surface area contributed by atoms with E-state index in [4.69, 9.17) is 0 Å². The van der Waals surface area contributed by atoms with Crippen LogP contribution in [0.4, 0.5) is 0 Å². The van der Waals surface area contributed by atoms with Gasteiger partial charge in [0.1, 0.15) is 0 Å². The summed E-state index contributed by atoms with van der Waals surface area (Å²) in [7, 11) is 2.15. The summed E-state index contributed by atoms with van der Waals surface area (Å²) in [5.41, 5.74) is 0. The van der Waals surface area contributed by atoms with Crippen LogP contribution >= 0.6 is 0 Å². The fraction of sp³-hybridized carbons (Fsp3) is 1.00. The third-order valence-electron chi connectivity index (χ3n) is 4.41. The molecule has 96 valence electrons. The zero-order valence-electron chi connectivity index (χ0n) is 11.9. The van der Waals surface area contributed by atoms with Crippen LogP contribution in [0, 0.1) is 23.7 Å². The Labute approximate surface area is 102 Å². The molecule has 0 heterocycles. The van der Waals surface area contributed by atoms with Crippen LogP contribution in [-0.4, -0.2) is 13.1 Å². The highest BCUT2D eigenvalue weighted by molar-refractivity contribution is 4.85. The molecule has 4 atom stereocenters. The van der Waals surface area contributed by atoms with Gasteiger partial charge >= 0.3 is 0 Å². The van der Waals surface area contributed by atoms with Gasteiger partial charge in [0.15, 0.2) is 0 Å². The Morgan fingerprint density at radius 2 is 1.69 bits per heavy atom. The van der Waals surface area contributed by atoms with E-state index in [1.54, 1.807) is 0 Å². The molecule has 1 nitrogen and oxygen atoms in total. The minimum atomic E-state index is 0.741. The second kappa shape index (κ2) is 6.64. The monoisotopic (exact) mass is 225 g/mol. The van der Waals surface area contributed by atoms with Crippen LogP contribution in [0.1, 0.15) is 59.8 Å². The SMILES string of the molecule is CCCC(C)C(NC)C1CC(C)CC(C)C1. The average molecular weight is 225 g/mol. The van der Waals surface area contributed by atoms with Gasteiger partial charge < -0.3 is 5.32 Å². The predicted molar refractivity (Wildman–Crippen MR) is 72.6 cm³/mol. The van der Waals surface area contributed by atoms with E-state index in [2.05, 4.69) is 40.1 Å². The van der Waals surface area contributed by atoms with E-state index in [0.29, 0.717) is 0 Å². The van der Waals surface area contributed by atoms with Gasteiger partial charge in [-0.2, -0.15) is 0 Å². The summed E-state index contributed by atoms with van der Waals surface area (Å²) in [5.74, 6) is 3.60. The first kappa shape index (κ1) is 14.0. The Balaban J connectivity index is 2.57. The molecule has 0 bridgehead atoms. The van der Waals surface area contributed by atoms with Crippen LogP contribution < -0.4 is 5.32 Å². The fourth-order valence-corrected chi connectivity index (χ4v) is 3.92. The van der Waals surface area contributed by atoms with Gasteiger partial charge in [-0.25, -0.2) is 0 Å². The number of nitrogens with one attached hydrogen (secondary N) is 1. The zero-order valence-corrected chi connectivity index (χ0v) is 11.9. The van der Waals surface area contributed by atoms with Crippen molar-refractivity contribution >= 4 is 0 Å². The minimum Gasteiger partial charge on any atom is -0.316 e. The smallest absolute Gasteiger partial charge is 0.0118 e. The highest BCUT2D eigenvalue weighted by Crippen LogP contribution is 2.37. The minimum absolute atomic E-state index is 0.741. The molecule has 0 aromatic heterocycles. The normalized spacial score (nSPS) is 34.7. The third-order valence-corrected chi connectivity index (χ3v) is 4.41. The molecule has 1 rings (SSSR count). The lowest BCUT2D eigenvalue weighted by atomic mass is 9.71. The van der Waals surface area contributed by atoms with Crippen LogP contribution in [-0.2, 0) is 0 Å². The summed E-state index contributed by atoms with van der Waals surface area (Å²) >= 11 is 0. The Bertz CT molecular complexity index is 180. The second-order valence-electron chi connectivity index (χ2n) is 6.26. The molecule has 0 spiro atoms. The number of hydrogen-bond acceptors (Lipinski definition) is 1. The van der Waals surface area contributed by atoms with E-state index in [-0.39, 0.29) is 0 Å². The lowest BCUT2D eigenvalue weighted by Gasteiger charge is -2.39. The van der Waals surface area contributed by atoms with E-state index in [1.807, 2.05) is 0 Å². The standard InChI is InChI=1S/C15H31N/c1-6-7-13(4)15(16-5)14-9-11(2)8-12(3)10-14/h11-16H,6-10H2,1-5H3. The fourth-order valence-electron chi connectivity index (χ4n) is 3.92. The molecular weight excluding hydrogens is 194 g/mol. The lowest BCUT2D eigenvalue weighted by molar-refractivity contribution is 0.149. The van der Waals surface area contributed by atoms with E-state index in [0.717, 1.165) is 29.7 Å². The number of rotatable bonds is 5. The van der Waals surface area contributed by atoms with Crippen LogP contribution in [0.3, 0.4) is 0 Å². The van der Waals surface area contributed by atoms with Crippen molar-refractivity contribution in [2.75, 3.05) is 7.05 Å². The van der Waals surface area contributed by atoms with Gasteiger partial charge in [-0.05, 0) is 56.4 Å². The first-order valence-electron chi connectivity index (χ1n) is 7.25. The van der Waals surface area contributed by atoms with Gasteiger partial charge in [0.05, 0.1) is 0 Å². The van der Waals surface area contributed by atoms with Gasteiger partial charge in [0.25, 0.3) is 0 Å². The summed E-state index contributed by atoms with van der Waals surface area (Å²) in [4.78, 5) is 0. The summed E-state index contributed by atoms with van der Waals surface area (Å²) in [5, 5.41) is 3.60. The lowest BCUT2D eigenvalue weighted by Crippen LogP contribution is -2.42. The highest BCUT2D eigenvalue weighted by Gasteiger charge is 2.31. The largest absolute Gasteiger partial charge is 0.316 e. The van der Waals surface area contributed by atoms with Crippen LogP contribution in [0.5, 0.6) is 0 Å². The molecule has 1 aliphatic rings. The highest BCUT2D eigenvalue weighted by atomic mass is 14.9. The maximum atomic E-state index is 3.60. The van der Waals surface area contributed by atoms with E-state index < -0.39 is 0 Å². The van der Waals surface area contributed by atoms with Crippen molar-refractivity contribution in [3.63, 3.8) is 0 Å². The zero-order chi connectivity index (χ0) is 12.1. The Hall–Kier alpha value is -0.0400. The molecule has 1 fully saturated rings. The Kier molecular flexibility index (Phi) is 5.82. The van der Waals surface area contributed by atoms with Crippen LogP contribution in [0.15, 0.2) is 0 Å². The summed E-state index contributed by atoms with van der Waals surface area (Å²) in [6.07, 6.45) is 6.99. The Morgan fingerprint density at radius 3 is 2.12 bits per heavy atom. The van der Waals surface area contributed by atoms with Crippen molar-refractivity contribution in [2.24, 2.45) is 23.7 Å². The van der Waals surface area contributed by atoms with Gasteiger partial charge in [-0.3, -0.25) is 0 Å². The van der Waals surface area contributed by atoms with Crippen molar-refractivity contribution in [3.05, 3.63) is 0 Å². The molecule has 0 aromatic rings. The van der Waals surface area contributed by atoms with Gasteiger partial charge in [-0.1, -0.05) is 34.1 Å². The molecule has 0 aromatic carbocycles. The van der Waals surface area contributed by atoms with Crippen molar-refractivity contribution < 1.29 is 0 Å². The summed E-state index contributed by atoms with van der Waals surface area (Å²) < 4.78 is 0. The average Bonchev–Trinajstić information content (AvgIpc) is 2.17. The predicted octanol–water partition coefficient (Wildman–Crippen LogP) is 4.08. The molecule has 0 radical (unpaired) electrons. The van der Waals surface area contributed by atoms with E-state index in [1.165, 1.54) is 32.1 Å². The summed E-state index contributed by atoms with van der Waals surface area (Å²) in [6, 6.07) is 0.741. The maximum Gasteiger partial charge on any atom is 0.0118 e. The second-order valence-corrected chi connectivity index (χ2v) is 6.26. The summed E-state index contributed by atoms with van der Waals surface area (Å²) in [6.45, 7) is 9.59. The molecule has 1 N–H and O–H groups in total. The van der Waals surface area contributed by atoms with Gasteiger partial charge in [0, 0.05) is 6.04 Å². The molecule has 16 heavy (non-hydrogen) atoms. The van der Waals surface area contributed by atoms with Crippen LogP contribution in [0.2, 0.25) is 0 Å². The van der Waals surface area contributed by atoms with E-state index in [9.17, 15) is 0 Å². The first-order valence-corrected chi connectivity index (χ1v) is 7.25. The number of hydrogen-bond donors (Lipinski definition) is 1. The van der Waals surface area contributed by atoms with E-state index >= 15 is 0 Å². The Morgan fingerprint density at radius 1 is 1.12 bits per heavy atom. The van der Waals surface area contributed by atoms with Gasteiger partial charge in [0.2, 0.25) is 0 Å². The van der Waals surface area contributed by atoms with Crippen molar-refractivity contribution in [3.8, 4) is 0 Å². The molecule has 1 heteroatoms. The molecule has 4 unspecified atom stereocenters.